The van der Waals surface area contributed by atoms with E-state index >= 15 is 0 Å². The lowest BCUT2D eigenvalue weighted by atomic mass is 10.2. The summed E-state index contributed by atoms with van der Waals surface area (Å²) in [4.78, 5) is 19.7. The number of cyclic esters (lactones) is 1. The van der Waals surface area contributed by atoms with Crippen LogP contribution in [0.2, 0.25) is 0 Å². The molecule has 1 aromatic carbocycles. The summed E-state index contributed by atoms with van der Waals surface area (Å²) in [6, 6.07) is 2.32. The lowest BCUT2D eigenvalue weighted by Crippen LogP contribution is -2.31. The molecular weight excluding hydrogens is 388 g/mol. The van der Waals surface area contributed by atoms with Crippen LogP contribution in [-0.2, 0) is 9.57 Å². The van der Waals surface area contributed by atoms with Crippen LogP contribution in [0.15, 0.2) is 12.1 Å². The van der Waals surface area contributed by atoms with Crippen molar-refractivity contribution in [1.29, 1.82) is 0 Å². The second-order valence-electron chi connectivity index (χ2n) is 5.26. The van der Waals surface area contributed by atoms with Gasteiger partial charge >= 0.3 is 6.09 Å². The number of amides is 1. The first kappa shape index (κ1) is 18.9. The molecule has 0 unspecified atom stereocenters. The van der Waals surface area contributed by atoms with E-state index in [-0.39, 0.29) is 31.5 Å². The highest BCUT2D eigenvalue weighted by Crippen LogP contribution is 2.31. The van der Waals surface area contributed by atoms with Gasteiger partial charge in [0.2, 0.25) is 0 Å². The Morgan fingerprint density at radius 2 is 2.00 bits per heavy atom. The average Bonchev–Trinajstić information content (AvgIpc) is 2.71. The molecule has 1 N–H and O–H groups in total. The number of nitrogens with zero attached hydrogens (tertiary/aromatic N) is 2. The number of carbonyl (C=O) groups is 1. The van der Waals surface area contributed by atoms with Crippen molar-refractivity contribution in [3.8, 4) is 0 Å². The van der Waals surface area contributed by atoms with Gasteiger partial charge in [-0.3, -0.25) is 9.74 Å². The van der Waals surface area contributed by atoms with Crippen molar-refractivity contribution in [3.05, 3.63) is 23.8 Å². The molecule has 134 valence electrons. The number of rotatable bonds is 3. The molecule has 1 aromatic rings. The number of benzene rings is 1. The van der Waals surface area contributed by atoms with E-state index in [1.165, 1.54) is 4.90 Å². The van der Waals surface area contributed by atoms with E-state index in [1.54, 1.807) is 4.90 Å². The third-order valence-electron chi connectivity index (χ3n) is 3.72. The third-order valence-corrected chi connectivity index (χ3v) is 4.45. The summed E-state index contributed by atoms with van der Waals surface area (Å²) >= 11 is 3.23. The normalized spacial score (nSPS) is 21.3. The molecule has 2 aliphatic heterocycles. The highest BCUT2D eigenvalue weighted by Gasteiger charge is 2.33. The standard InChI is InChI=1S/C14H16BrF2N3O3.CH4/c15-7-10-8-20(14(21)23-10)9-5-11(16)13(12(17)6-9)19-2-1-18-22-4-3-19;/h5-6,10,18H,1-4,7-8H2;1H4/t10-;/m0./s1. The zero-order valence-corrected chi connectivity index (χ0v) is 13.8. The molecule has 0 radical (unpaired) electrons. The van der Waals surface area contributed by atoms with Crippen LogP contribution in [-0.4, -0.2) is 50.3 Å². The summed E-state index contributed by atoms with van der Waals surface area (Å²) in [5.41, 5.74) is 2.75. The monoisotopic (exact) mass is 407 g/mol. The third kappa shape index (κ3) is 3.79. The SMILES string of the molecule is C.O=C1O[C@@H](CBr)CN1c1cc(F)c(N2CCNOCC2)c(F)c1. The van der Waals surface area contributed by atoms with Gasteiger partial charge in [-0.2, -0.15) is 0 Å². The number of ether oxygens (including phenoxy) is 1. The first-order valence-electron chi connectivity index (χ1n) is 7.23. The van der Waals surface area contributed by atoms with E-state index in [9.17, 15) is 13.6 Å². The summed E-state index contributed by atoms with van der Waals surface area (Å²) in [6.07, 6.45) is -0.935. The molecule has 2 fully saturated rings. The summed E-state index contributed by atoms with van der Waals surface area (Å²) in [5, 5.41) is 0.471. The van der Waals surface area contributed by atoms with E-state index < -0.39 is 17.7 Å². The predicted molar refractivity (Wildman–Crippen MR) is 90.7 cm³/mol. The highest BCUT2D eigenvalue weighted by molar-refractivity contribution is 9.09. The molecule has 0 aromatic heterocycles. The van der Waals surface area contributed by atoms with E-state index in [0.717, 1.165) is 12.1 Å². The van der Waals surface area contributed by atoms with Crippen LogP contribution in [0.5, 0.6) is 0 Å². The summed E-state index contributed by atoms with van der Waals surface area (Å²) in [7, 11) is 0. The Hall–Kier alpha value is -1.45. The van der Waals surface area contributed by atoms with Crippen molar-refractivity contribution >= 4 is 33.4 Å². The Morgan fingerprint density at radius 1 is 1.29 bits per heavy atom. The molecule has 2 aliphatic rings. The Morgan fingerprint density at radius 3 is 2.62 bits per heavy atom. The van der Waals surface area contributed by atoms with Gasteiger partial charge in [0.25, 0.3) is 0 Å². The largest absolute Gasteiger partial charge is 0.443 e. The molecule has 2 heterocycles. The van der Waals surface area contributed by atoms with Gasteiger partial charge in [0.1, 0.15) is 11.8 Å². The topological polar surface area (TPSA) is 54.0 Å². The second kappa shape index (κ2) is 8.09. The molecule has 1 amide bonds. The molecule has 0 aliphatic carbocycles. The lowest BCUT2D eigenvalue weighted by molar-refractivity contribution is 0.0589. The van der Waals surface area contributed by atoms with E-state index in [0.29, 0.717) is 31.6 Å². The number of carbonyl (C=O) groups excluding carboxylic acids is 1. The second-order valence-corrected chi connectivity index (χ2v) is 5.91. The van der Waals surface area contributed by atoms with Crippen LogP contribution in [0.3, 0.4) is 0 Å². The zero-order valence-electron chi connectivity index (χ0n) is 12.2. The minimum atomic E-state index is -0.711. The van der Waals surface area contributed by atoms with Crippen molar-refractivity contribution in [2.75, 3.05) is 47.9 Å². The van der Waals surface area contributed by atoms with Gasteiger partial charge in [0.15, 0.2) is 11.6 Å². The van der Waals surface area contributed by atoms with E-state index in [1.807, 2.05) is 0 Å². The van der Waals surface area contributed by atoms with E-state index in [4.69, 9.17) is 9.57 Å². The minimum absolute atomic E-state index is 0. The van der Waals surface area contributed by atoms with Crippen molar-refractivity contribution in [2.45, 2.75) is 13.5 Å². The number of hydroxylamine groups is 1. The fourth-order valence-electron chi connectivity index (χ4n) is 2.64. The Balaban J connectivity index is 0.00000208. The smallest absolute Gasteiger partial charge is 0.414 e. The number of anilines is 2. The van der Waals surface area contributed by atoms with Gasteiger partial charge in [0.05, 0.1) is 18.8 Å². The molecule has 2 saturated heterocycles. The Kier molecular flexibility index (Phi) is 6.36. The number of alkyl halides is 1. The van der Waals surface area contributed by atoms with Gasteiger partial charge in [-0.15, -0.1) is 0 Å². The van der Waals surface area contributed by atoms with Crippen LogP contribution < -0.4 is 15.3 Å². The van der Waals surface area contributed by atoms with Crippen LogP contribution in [0, 0.1) is 11.6 Å². The van der Waals surface area contributed by atoms with Gasteiger partial charge in [-0.05, 0) is 0 Å². The van der Waals surface area contributed by atoms with Gasteiger partial charge in [-0.25, -0.2) is 19.1 Å². The average molecular weight is 408 g/mol. The number of nitrogens with one attached hydrogen (secondary N) is 1. The maximum Gasteiger partial charge on any atom is 0.414 e. The van der Waals surface area contributed by atoms with Gasteiger partial charge < -0.3 is 9.64 Å². The van der Waals surface area contributed by atoms with Crippen LogP contribution in [0.1, 0.15) is 7.43 Å². The Labute approximate surface area is 147 Å². The molecule has 3 rings (SSSR count). The molecule has 0 saturated carbocycles. The van der Waals surface area contributed by atoms with Crippen molar-refractivity contribution in [1.82, 2.24) is 5.48 Å². The molecule has 9 heteroatoms. The highest BCUT2D eigenvalue weighted by atomic mass is 79.9. The quantitative estimate of drug-likeness (QED) is 0.780. The summed E-state index contributed by atoms with van der Waals surface area (Å²) < 4.78 is 34.0. The maximum atomic E-state index is 14.5. The van der Waals surface area contributed by atoms with Crippen molar-refractivity contribution in [2.24, 2.45) is 0 Å². The molecule has 6 nitrogen and oxygen atoms in total. The zero-order chi connectivity index (χ0) is 16.4. The summed E-state index contributed by atoms with van der Waals surface area (Å²) in [5.74, 6) is -1.42. The van der Waals surface area contributed by atoms with Gasteiger partial charge in [-0.1, -0.05) is 23.4 Å². The number of hydrogen-bond donors (Lipinski definition) is 1. The molecule has 0 bridgehead atoms. The van der Waals surface area contributed by atoms with Crippen LogP contribution >= 0.6 is 15.9 Å². The predicted octanol–water partition coefficient (Wildman–Crippen LogP) is 2.66. The molecule has 0 spiro atoms. The molecule has 24 heavy (non-hydrogen) atoms. The molecular formula is C15H20BrF2N3O3. The van der Waals surface area contributed by atoms with Crippen LogP contribution in [0.4, 0.5) is 25.0 Å². The fraction of sp³-hybridized carbons (Fsp3) is 0.533. The Bertz CT molecular complexity index is 574. The first-order valence-corrected chi connectivity index (χ1v) is 8.35. The maximum absolute atomic E-state index is 14.5. The van der Waals surface area contributed by atoms with Gasteiger partial charge in [0, 0.05) is 37.1 Å². The number of hydrogen-bond acceptors (Lipinski definition) is 5. The summed E-state index contributed by atoms with van der Waals surface area (Å²) in [6.45, 7) is 1.84. The van der Waals surface area contributed by atoms with Crippen molar-refractivity contribution in [3.63, 3.8) is 0 Å². The number of halogens is 3. The van der Waals surface area contributed by atoms with Crippen molar-refractivity contribution < 1.29 is 23.1 Å². The fourth-order valence-corrected chi connectivity index (χ4v) is 2.98. The minimum Gasteiger partial charge on any atom is -0.443 e. The van der Waals surface area contributed by atoms with E-state index in [2.05, 4.69) is 21.4 Å². The molecule has 1 atom stereocenters. The van der Waals surface area contributed by atoms with Crippen LogP contribution in [0.25, 0.3) is 0 Å². The first-order chi connectivity index (χ1) is 11.1. The lowest BCUT2D eigenvalue weighted by Gasteiger charge is -2.24.